The quantitative estimate of drug-likeness (QED) is 0.654. The summed E-state index contributed by atoms with van der Waals surface area (Å²) in [6.45, 7) is 0. The third-order valence-electron chi connectivity index (χ3n) is 2.72. The van der Waals surface area contributed by atoms with E-state index >= 15 is 0 Å². The summed E-state index contributed by atoms with van der Waals surface area (Å²) in [5.41, 5.74) is 5.81. The minimum Gasteiger partial charge on any atom is -0.490 e. The van der Waals surface area contributed by atoms with Crippen molar-refractivity contribution in [3.05, 3.63) is 52.2 Å². The Morgan fingerprint density at radius 3 is 2.81 bits per heavy atom. The van der Waals surface area contributed by atoms with Gasteiger partial charge in [0, 0.05) is 18.0 Å². The Morgan fingerprint density at radius 1 is 1.43 bits per heavy atom. The molecule has 0 saturated carbocycles. The molecule has 1 amide bonds. The number of nitrogens with two attached hydrogens (primary N) is 1. The standard InChI is InChI=1S/C13H12N4O4/c1-21-11-5-4-8(7-10(11)17(19)20)16-13(18)9-3-2-6-15-12(9)14/h2-7H,1H3,(H2,14,15)(H,16,18). The van der Waals surface area contributed by atoms with E-state index in [2.05, 4.69) is 10.3 Å². The molecule has 0 atom stereocenters. The van der Waals surface area contributed by atoms with Crippen LogP contribution in [0, 0.1) is 10.1 Å². The van der Waals surface area contributed by atoms with E-state index in [9.17, 15) is 14.9 Å². The maximum atomic E-state index is 12.0. The first-order valence-electron chi connectivity index (χ1n) is 5.87. The number of nitrogen functional groups attached to an aromatic ring is 1. The molecule has 8 heteroatoms. The average molecular weight is 288 g/mol. The second kappa shape index (κ2) is 5.87. The van der Waals surface area contributed by atoms with Gasteiger partial charge in [0.1, 0.15) is 5.82 Å². The van der Waals surface area contributed by atoms with Crippen molar-refractivity contribution in [1.29, 1.82) is 0 Å². The minimum atomic E-state index is -0.590. The molecular weight excluding hydrogens is 276 g/mol. The van der Waals surface area contributed by atoms with E-state index in [1.165, 1.54) is 37.6 Å². The summed E-state index contributed by atoms with van der Waals surface area (Å²) >= 11 is 0. The van der Waals surface area contributed by atoms with Crippen molar-refractivity contribution in [2.45, 2.75) is 0 Å². The number of amides is 1. The lowest BCUT2D eigenvalue weighted by Gasteiger charge is -2.08. The minimum absolute atomic E-state index is 0.0815. The molecule has 0 aliphatic rings. The number of nitrogens with zero attached hydrogens (tertiary/aromatic N) is 2. The molecule has 3 N–H and O–H groups in total. The molecule has 0 aliphatic heterocycles. The molecule has 0 aliphatic carbocycles. The average Bonchev–Trinajstić information content (AvgIpc) is 2.47. The number of ether oxygens (including phenoxy) is 1. The molecule has 0 bridgehead atoms. The van der Waals surface area contributed by atoms with Gasteiger partial charge in [-0.15, -0.1) is 0 Å². The predicted octanol–water partition coefficient (Wildman–Crippen LogP) is 1.83. The van der Waals surface area contributed by atoms with Crippen LogP contribution in [0.1, 0.15) is 10.4 Å². The molecule has 1 heterocycles. The largest absolute Gasteiger partial charge is 0.490 e. The van der Waals surface area contributed by atoms with Gasteiger partial charge in [0.15, 0.2) is 5.75 Å². The first-order valence-corrected chi connectivity index (χ1v) is 5.87. The van der Waals surface area contributed by atoms with E-state index in [0.29, 0.717) is 0 Å². The molecule has 8 nitrogen and oxygen atoms in total. The molecule has 2 aromatic rings. The molecule has 0 saturated heterocycles. The molecule has 1 aromatic carbocycles. The lowest BCUT2D eigenvalue weighted by molar-refractivity contribution is -0.385. The number of aromatic nitrogens is 1. The normalized spacial score (nSPS) is 9.95. The van der Waals surface area contributed by atoms with Crippen molar-refractivity contribution in [1.82, 2.24) is 4.98 Å². The third kappa shape index (κ3) is 3.06. The molecule has 1 aromatic heterocycles. The van der Waals surface area contributed by atoms with E-state index in [0.717, 1.165) is 0 Å². The van der Waals surface area contributed by atoms with Crippen molar-refractivity contribution in [3.8, 4) is 5.75 Å². The van der Waals surface area contributed by atoms with E-state index < -0.39 is 10.8 Å². The Hall–Kier alpha value is -3.16. The third-order valence-corrected chi connectivity index (χ3v) is 2.72. The van der Waals surface area contributed by atoms with Crippen LogP contribution in [-0.2, 0) is 0 Å². The topological polar surface area (TPSA) is 120 Å². The summed E-state index contributed by atoms with van der Waals surface area (Å²) in [7, 11) is 1.33. The SMILES string of the molecule is COc1ccc(NC(=O)c2cccnc2N)cc1[N+](=O)[O-]. The van der Waals surface area contributed by atoms with Crippen LogP contribution in [0.5, 0.6) is 5.75 Å². The number of carbonyl (C=O) groups is 1. The van der Waals surface area contributed by atoms with E-state index in [1.54, 1.807) is 6.07 Å². The summed E-state index contributed by atoms with van der Waals surface area (Å²) in [6, 6.07) is 7.19. The van der Waals surface area contributed by atoms with Crippen LogP contribution in [0.3, 0.4) is 0 Å². The highest BCUT2D eigenvalue weighted by atomic mass is 16.6. The van der Waals surface area contributed by atoms with Crippen molar-refractivity contribution in [2.75, 3.05) is 18.2 Å². The van der Waals surface area contributed by atoms with E-state index in [-0.39, 0.29) is 28.5 Å². The number of hydrogen-bond donors (Lipinski definition) is 2. The highest BCUT2D eigenvalue weighted by Gasteiger charge is 2.17. The van der Waals surface area contributed by atoms with Gasteiger partial charge in [-0.25, -0.2) is 4.98 Å². The lowest BCUT2D eigenvalue weighted by atomic mass is 10.2. The zero-order chi connectivity index (χ0) is 15.4. The summed E-state index contributed by atoms with van der Waals surface area (Å²) in [6.07, 6.45) is 1.46. The zero-order valence-electron chi connectivity index (χ0n) is 11.1. The Labute approximate surface area is 119 Å². The number of pyridine rings is 1. The number of nitrogens with one attached hydrogen (secondary N) is 1. The van der Waals surface area contributed by atoms with Crippen LogP contribution in [0.4, 0.5) is 17.2 Å². The Balaban J connectivity index is 2.28. The van der Waals surface area contributed by atoms with Gasteiger partial charge in [-0.2, -0.15) is 0 Å². The van der Waals surface area contributed by atoms with Gasteiger partial charge in [-0.1, -0.05) is 0 Å². The molecule has 0 radical (unpaired) electrons. The maximum absolute atomic E-state index is 12.0. The number of benzene rings is 1. The second-order valence-corrected chi connectivity index (χ2v) is 4.03. The second-order valence-electron chi connectivity index (χ2n) is 4.03. The van der Waals surface area contributed by atoms with Crippen LogP contribution >= 0.6 is 0 Å². The molecule has 0 unspecified atom stereocenters. The van der Waals surface area contributed by atoms with E-state index in [4.69, 9.17) is 10.5 Å². The number of methoxy groups -OCH3 is 1. The Kier molecular flexibility index (Phi) is 3.98. The molecule has 21 heavy (non-hydrogen) atoms. The Bertz CT molecular complexity index is 702. The van der Waals surface area contributed by atoms with E-state index in [1.807, 2.05) is 0 Å². The van der Waals surface area contributed by atoms with Crippen molar-refractivity contribution >= 4 is 23.1 Å². The molecular formula is C13H12N4O4. The molecule has 0 fully saturated rings. The van der Waals surface area contributed by atoms with Gasteiger partial charge in [-0.3, -0.25) is 14.9 Å². The number of rotatable bonds is 4. The number of hydrogen-bond acceptors (Lipinski definition) is 6. The van der Waals surface area contributed by atoms with Crippen molar-refractivity contribution in [2.24, 2.45) is 0 Å². The lowest BCUT2D eigenvalue weighted by Crippen LogP contribution is -2.14. The van der Waals surface area contributed by atoms with Gasteiger partial charge in [0.05, 0.1) is 17.6 Å². The van der Waals surface area contributed by atoms with Crippen LogP contribution in [-0.4, -0.2) is 22.9 Å². The number of nitro groups is 1. The fourth-order valence-electron chi connectivity index (χ4n) is 1.72. The molecule has 108 valence electrons. The highest BCUT2D eigenvalue weighted by Crippen LogP contribution is 2.29. The molecule has 0 spiro atoms. The maximum Gasteiger partial charge on any atom is 0.312 e. The Morgan fingerprint density at radius 2 is 2.19 bits per heavy atom. The highest BCUT2D eigenvalue weighted by molar-refractivity contribution is 6.07. The number of anilines is 2. The van der Waals surface area contributed by atoms with Crippen molar-refractivity contribution in [3.63, 3.8) is 0 Å². The van der Waals surface area contributed by atoms with Gasteiger partial charge >= 0.3 is 5.69 Å². The van der Waals surface area contributed by atoms with Gasteiger partial charge < -0.3 is 15.8 Å². The first kappa shape index (κ1) is 14.3. The summed E-state index contributed by atoms with van der Waals surface area (Å²) in [4.78, 5) is 26.2. The zero-order valence-corrected chi connectivity index (χ0v) is 11.1. The van der Waals surface area contributed by atoms with Gasteiger partial charge in [-0.05, 0) is 24.3 Å². The van der Waals surface area contributed by atoms with Gasteiger partial charge in [0.2, 0.25) is 0 Å². The van der Waals surface area contributed by atoms with Crippen LogP contribution in [0.2, 0.25) is 0 Å². The summed E-state index contributed by atoms with van der Waals surface area (Å²) in [5, 5.41) is 13.5. The molecule has 2 rings (SSSR count). The summed E-state index contributed by atoms with van der Waals surface area (Å²) in [5.74, 6) is -0.308. The smallest absolute Gasteiger partial charge is 0.312 e. The van der Waals surface area contributed by atoms with Crippen molar-refractivity contribution < 1.29 is 14.5 Å². The fourth-order valence-corrected chi connectivity index (χ4v) is 1.72. The summed E-state index contributed by atoms with van der Waals surface area (Å²) < 4.78 is 4.89. The van der Waals surface area contributed by atoms with Crippen LogP contribution in [0.25, 0.3) is 0 Å². The number of nitro benzene ring substituents is 1. The van der Waals surface area contributed by atoms with Gasteiger partial charge in [0.25, 0.3) is 5.91 Å². The first-order chi connectivity index (χ1) is 10.0. The predicted molar refractivity (Wildman–Crippen MR) is 76.3 cm³/mol. The monoisotopic (exact) mass is 288 g/mol. The number of carbonyl (C=O) groups excluding carboxylic acids is 1. The van der Waals surface area contributed by atoms with Crippen LogP contribution < -0.4 is 15.8 Å². The van der Waals surface area contributed by atoms with Crippen LogP contribution in [0.15, 0.2) is 36.5 Å². The fraction of sp³-hybridized carbons (Fsp3) is 0.0769.